The van der Waals surface area contributed by atoms with Crippen LogP contribution < -0.4 is 21.7 Å². The van der Waals surface area contributed by atoms with Crippen molar-refractivity contribution in [2.24, 2.45) is 11.5 Å². The van der Waals surface area contributed by atoms with Crippen LogP contribution in [-0.2, 0) is 41.9 Å². The van der Waals surface area contributed by atoms with Crippen LogP contribution in [0.5, 0.6) is 0 Å². The van der Waals surface area contributed by atoms with E-state index in [4.69, 9.17) is 11.5 Å². The van der Waals surface area contributed by atoms with Crippen molar-refractivity contribution in [3.8, 4) is 0 Å². The molecule has 0 spiro atoms. The number of aromatic amines is 2. The van der Waals surface area contributed by atoms with Gasteiger partial charge < -0.3 is 63.1 Å². The molecule has 27 heavy (non-hydrogen) atoms. The molecular formula is C12H24N6O8Zn. The topological polar surface area (TPSA) is 316 Å². The SMILES string of the molecule is N[C@@H](Cc1c[nH]cn1)C(=O)[O-].N[C@@H](Cc1c[nH]cn1)C(=O)[O-].O.O.O.O.[Zn+2]. The minimum absolute atomic E-state index is 0. The van der Waals surface area contributed by atoms with Gasteiger partial charge in [-0.05, 0) is 0 Å². The molecule has 0 unspecified atom stereocenters. The fourth-order valence-corrected chi connectivity index (χ4v) is 1.42. The van der Waals surface area contributed by atoms with Crippen LogP contribution in [0.15, 0.2) is 25.0 Å². The Morgan fingerprint density at radius 2 is 1.15 bits per heavy atom. The van der Waals surface area contributed by atoms with Crippen molar-refractivity contribution >= 4 is 11.9 Å². The van der Waals surface area contributed by atoms with Gasteiger partial charge in [0.25, 0.3) is 0 Å². The van der Waals surface area contributed by atoms with Crippen molar-refractivity contribution in [1.29, 1.82) is 0 Å². The second kappa shape index (κ2) is 18.5. The van der Waals surface area contributed by atoms with Gasteiger partial charge in [0.1, 0.15) is 0 Å². The smallest absolute Gasteiger partial charge is 0.548 e. The van der Waals surface area contributed by atoms with E-state index in [1.165, 1.54) is 12.7 Å². The largest absolute Gasteiger partial charge is 2.00 e. The van der Waals surface area contributed by atoms with Gasteiger partial charge in [-0.3, -0.25) is 0 Å². The molecule has 0 saturated carbocycles. The average molecular weight is 446 g/mol. The monoisotopic (exact) mass is 444 g/mol. The summed E-state index contributed by atoms with van der Waals surface area (Å²) in [5.74, 6) is -2.51. The second-order valence-corrected chi connectivity index (χ2v) is 4.38. The molecule has 152 valence electrons. The molecule has 0 aromatic carbocycles. The van der Waals surface area contributed by atoms with Crippen LogP contribution in [-0.4, -0.2) is 65.9 Å². The summed E-state index contributed by atoms with van der Waals surface area (Å²) in [7, 11) is 0. The Bertz CT molecular complexity index is 530. The fourth-order valence-electron chi connectivity index (χ4n) is 1.42. The number of carboxylic acid groups (broad SMARTS) is 2. The molecule has 0 fully saturated rings. The van der Waals surface area contributed by atoms with Gasteiger partial charge in [-0.2, -0.15) is 0 Å². The maximum absolute atomic E-state index is 10.2. The number of nitrogens with zero attached hydrogens (tertiary/aromatic N) is 2. The Labute approximate surface area is 166 Å². The summed E-state index contributed by atoms with van der Waals surface area (Å²) < 4.78 is 0. The van der Waals surface area contributed by atoms with Crippen LogP contribution in [0.3, 0.4) is 0 Å². The third-order valence-corrected chi connectivity index (χ3v) is 2.57. The van der Waals surface area contributed by atoms with E-state index in [0.717, 1.165) is 0 Å². The number of nitrogens with one attached hydrogen (secondary N) is 2. The zero-order valence-corrected chi connectivity index (χ0v) is 17.2. The van der Waals surface area contributed by atoms with E-state index in [1.807, 2.05) is 0 Å². The number of carbonyl (C=O) groups is 2. The molecule has 0 saturated heterocycles. The molecule has 0 amide bonds. The molecular weight excluding hydrogens is 422 g/mol. The summed E-state index contributed by atoms with van der Waals surface area (Å²) in [6, 6.07) is -1.95. The Morgan fingerprint density at radius 3 is 1.33 bits per heavy atom. The predicted molar refractivity (Wildman–Crippen MR) is 85.0 cm³/mol. The van der Waals surface area contributed by atoms with Crippen LogP contribution in [0.4, 0.5) is 0 Å². The number of aliphatic carboxylic acids is 2. The van der Waals surface area contributed by atoms with E-state index in [2.05, 4.69) is 19.9 Å². The van der Waals surface area contributed by atoms with Crippen molar-refractivity contribution in [2.75, 3.05) is 0 Å². The summed E-state index contributed by atoms with van der Waals surface area (Å²) in [6.07, 6.45) is 6.54. The minimum Gasteiger partial charge on any atom is -0.548 e. The van der Waals surface area contributed by atoms with Gasteiger partial charge in [-0.25, -0.2) is 9.97 Å². The third kappa shape index (κ3) is 14.6. The number of carbonyl (C=O) groups excluding carboxylic acids is 2. The number of imidazole rings is 2. The molecule has 2 aromatic heterocycles. The van der Waals surface area contributed by atoms with E-state index in [-0.39, 0.29) is 54.2 Å². The first-order valence-corrected chi connectivity index (χ1v) is 6.28. The first-order valence-electron chi connectivity index (χ1n) is 6.28. The zero-order chi connectivity index (χ0) is 16.5. The van der Waals surface area contributed by atoms with E-state index in [9.17, 15) is 19.8 Å². The summed E-state index contributed by atoms with van der Waals surface area (Å²) in [5, 5.41) is 20.3. The van der Waals surface area contributed by atoms with Gasteiger partial charge >= 0.3 is 19.5 Å². The first-order chi connectivity index (χ1) is 10.4. The van der Waals surface area contributed by atoms with Gasteiger partial charge in [0, 0.05) is 37.3 Å². The number of hydrogen-bond donors (Lipinski definition) is 4. The summed E-state index contributed by atoms with van der Waals surface area (Å²) in [6.45, 7) is 0. The molecule has 14 N–H and O–H groups in total. The molecule has 0 radical (unpaired) electrons. The molecule has 2 atom stereocenters. The second-order valence-electron chi connectivity index (χ2n) is 4.38. The molecule has 2 aromatic rings. The number of rotatable bonds is 6. The number of carboxylic acids is 2. The van der Waals surface area contributed by atoms with Gasteiger partial charge in [-0.1, -0.05) is 0 Å². The summed E-state index contributed by atoms with van der Waals surface area (Å²) in [5.41, 5.74) is 11.6. The molecule has 15 heteroatoms. The summed E-state index contributed by atoms with van der Waals surface area (Å²) in [4.78, 5) is 33.3. The number of hydrogen-bond acceptors (Lipinski definition) is 8. The Hall–Kier alpha value is -2.26. The average Bonchev–Trinajstić information content (AvgIpc) is 3.12. The molecule has 0 bridgehead atoms. The predicted octanol–water partition coefficient (Wildman–Crippen LogP) is -7.24. The Kier molecular flexibility index (Phi) is 24.6. The minimum atomic E-state index is -1.26. The van der Waals surface area contributed by atoms with Crippen LogP contribution >= 0.6 is 0 Å². The van der Waals surface area contributed by atoms with Crippen LogP contribution in [0, 0.1) is 0 Å². The summed E-state index contributed by atoms with van der Waals surface area (Å²) >= 11 is 0. The molecule has 14 nitrogen and oxygen atoms in total. The standard InChI is InChI=1S/2C6H9N3O2.4H2O.Zn/c2*7-5(6(10)11)1-4-2-8-3-9-4;;;;;/h2*2-3,5H,1,7H2,(H,8,9)(H,10,11);4*1H2;/q;;;;;;+2/p-2/t2*5-;;;;;/m00...../s1. The van der Waals surface area contributed by atoms with Crippen molar-refractivity contribution < 1.29 is 61.2 Å². The number of aromatic nitrogens is 4. The molecule has 2 rings (SSSR count). The first kappa shape index (κ1) is 35.8. The van der Waals surface area contributed by atoms with Gasteiger partial charge in [0.15, 0.2) is 0 Å². The number of H-pyrrole nitrogens is 2. The van der Waals surface area contributed by atoms with E-state index in [0.29, 0.717) is 11.4 Å². The van der Waals surface area contributed by atoms with E-state index >= 15 is 0 Å². The molecule has 0 aliphatic carbocycles. The van der Waals surface area contributed by atoms with Crippen LogP contribution in [0.1, 0.15) is 11.4 Å². The zero-order valence-electron chi connectivity index (χ0n) is 14.3. The quantitative estimate of drug-likeness (QED) is 0.308. The molecule has 0 aliphatic rings. The van der Waals surface area contributed by atoms with Gasteiger partial charge in [0.05, 0.1) is 36.0 Å². The Balaban J connectivity index is -0.000000101. The van der Waals surface area contributed by atoms with Gasteiger partial charge in [0.2, 0.25) is 0 Å². The van der Waals surface area contributed by atoms with Crippen LogP contribution in [0.2, 0.25) is 0 Å². The van der Waals surface area contributed by atoms with Crippen LogP contribution in [0.25, 0.3) is 0 Å². The van der Waals surface area contributed by atoms with Crippen molar-refractivity contribution in [1.82, 2.24) is 19.9 Å². The maximum Gasteiger partial charge on any atom is 2.00 e. The van der Waals surface area contributed by atoms with E-state index < -0.39 is 24.0 Å². The van der Waals surface area contributed by atoms with Gasteiger partial charge in [-0.15, -0.1) is 0 Å². The third-order valence-electron chi connectivity index (χ3n) is 2.57. The van der Waals surface area contributed by atoms with Crippen molar-refractivity contribution in [2.45, 2.75) is 24.9 Å². The molecule has 0 aliphatic heterocycles. The Morgan fingerprint density at radius 1 is 0.852 bits per heavy atom. The normalized spacial score (nSPS) is 10.4. The van der Waals surface area contributed by atoms with Crippen molar-refractivity contribution in [3.63, 3.8) is 0 Å². The fraction of sp³-hybridized carbons (Fsp3) is 0.333. The van der Waals surface area contributed by atoms with Crippen molar-refractivity contribution in [3.05, 3.63) is 36.4 Å². The van der Waals surface area contributed by atoms with E-state index in [1.54, 1.807) is 12.4 Å². The molecule has 2 heterocycles. The maximum atomic E-state index is 10.2. The number of nitrogens with two attached hydrogens (primary N) is 2.